The van der Waals surface area contributed by atoms with E-state index in [-0.39, 0.29) is 12.0 Å². The lowest BCUT2D eigenvalue weighted by Crippen LogP contribution is -2.15. The summed E-state index contributed by atoms with van der Waals surface area (Å²) in [6.45, 7) is 8.42. The van der Waals surface area contributed by atoms with Crippen LogP contribution in [0.1, 0.15) is 62.4 Å². The van der Waals surface area contributed by atoms with Gasteiger partial charge in [-0.2, -0.15) is 0 Å². The molecule has 0 aliphatic rings. The Kier molecular flexibility index (Phi) is 6.42. The van der Waals surface area contributed by atoms with Gasteiger partial charge in [-0.3, -0.25) is 4.79 Å². The van der Waals surface area contributed by atoms with Gasteiger partial charge in [-0.05, 0) is 55.5 Å². The second kappa shape index (κ2) is 8.53. The topological polar surface area (TPSA) is 38.3 Å². The Labute approximate surface area is 145 Å². The van der Waals surface area contributed by atoms with E-state index in [1.54, 1.807) is 6.07 Å². The highest BCUT2D eigenvalue weighted by Crippen LogP contribution is 2.27. The monoisotopic (exact) mass is 325 g/mol. The van der Waals surface area contributed by atoms with E-state index >= 15 is 0 Å². The Morgan fingerprint density at radius 3 is 2.50 bits per heavy atom. The predicted molar refractivity (Wildman–Crippen MR) is 99.9 cm³/mol. The number of hydrogen-bond donors (Lipinski definition) is 1. The van der Waals surface area contributed by atoms with Crippen molar-refractivity contribution in [3.8, 4) is 5.75 Å². The van der Waals surface area contributed by atoms with Crippen LogP contribution < -0.4 is 10.1 Å². The number of para-hydroxylation sites is 1. The van der Waals surface area contributed by atoms with Gasteiger partial charge in [0.1, 0.15) is 5.75 Å². The average Bonchev–Trinajstić information content (AvgIpc) is 2.61. The highest BCUT2D eigenvalue weighted by molar-refractivity contribution is 6.04. The number of benzene rings is 2. The third kappa shape index (κ3) is 4.60. The molecule has 128 valence electrons. The fraction of sp³-hybridized carbons (Fsp3) is 0.381. The minimum Gasteiger partial charge on any atom is -0.491 e. The third-order valence-electron chi connectivity index (χ3n) is 4.36. The van der Waals surface area contributed by atoms with Crippen LogP contribution in [-0.4, -0.2) is 12.0 Å². The van der Waals surface area contributed by atoms with Crippen molar-refractivity contribution >= 4 is 11.6 Å². The fourth-order valence-electron chi connectivity index (χ4n) is 2.48. The molecule has 3 heteroatoms. The summed E-state index contributed by atoms with van der Waals surface area (Å²) in [6, 6.07) is 15.3. The van der Waals surface area contributed by atoms with Crippen LogP contribution in [0, 0.1) is 0 Å². The second-order valence-electron chi connectivity index (χ2n) is 6.22. The van der Waals surface area contributed by atoms with Crippen LogP contribution in [0.3, 0.4) is 0 Å². The van der Waals surface area contributed by atoms with E-state index < -0.39 is 0 Å². The lowest BCUT2D eigenvalue weighted by molar-refractivity contribution is 0.102. The lowest BCUT2D eigenvalue weighted by Gasteiger charge is -2.16. The molecule has 0 unspecified atom stereocenters. The number of amides is 1. The van der Waals surface area contributed by atoms with Gasteiger partial charge in [0.05, 0.1) is 6.10 Å². The molecule has 0 aliphatic heterocycles. The predicted octanol–water partition coefficient (Wildman–Crippen LogP) is 5.63. The van der Waals surface area contributed by atoms with Crippen molar-refractivity contribution in [1.82, 2.24) is 0 Å². The minimum absolute atomic E-state index is 0.111. The molecule has 2 aromatic rings. The maximum Gasteiger partial charge on any atom is 0.255 e. The van der Waals surface area contributed by atoms with Crippen LogP contribution in [0.5, 0.6) is 5.75 Å². The first kappa shape index (κ1) is 18.1. The molecule has 0 bridgehead atoms. The Bertz CT molecular complexity index is 681. The summed E-state index contributed by atoms with van der Waals surface area (Å²) >= 11 is 0. The van der Waals surface area contributed by atoms with E-state index in [2.05, 4.69) is 32.2 Å². The van der Waals surface area contributed by atoms with Crippen LogP contribution in [0.4, 0.5) is 5.69 Å². The highest BCUT2D eigenvalue weighted by atomic mass is 16.5. The van der Waals surface area contributed by atoms with Crippen molar-refractivity contribution in [2.24, 2.45) is 0 Å². The summed E-state index contributed by atoms with van der Waals surface area (Å²) in [5, 5.41) is 3.04. The maximum absolute atomic E-state index is 12.6. The molecule has 1 amide bonds. The molecular weight excluding hydrogens is 298 g/mol. The Hall–Kier alpha value is -2.29. The van der Waals surface area contributed by atoms with E-state index in [1.807, 2.05) is 43.3 Å². The van der Waals surface area contributed by atoms with Crippen LogP contribution in [0.15, 0.2) is 48.5 Å². The van der Waals surface area contributed by atoms with E-state index in [0.29, 0.717) is 11.5 Å². The van der Waals surface area contributed by atoms with Crippen LogP contribution in [0.2, 0.25) is 0 Å². The molecule has 0 heterocycles. The van der Waals surface area contributed by atoms with Gasteiger partial charge < -0.3 is 10.1 Å². The summed E-state index contributed by atoms with van der Waals surface area (Å²) in [5.41, 5.74) is 2.65. The average molecular weight is 325 g/mol. The minimum atomic E-state index is -0.111. The number of carbonyl (C=O) groups excluding carboxylic acids is 1. The van der Waals surface area contributed by atoms with Crippen molar-refractivity contribution < 1.29 is 9.53 Å². The van der Waals surface area contributed by atoms with Crippen LogP contribution in [0.25, 0.3) is 0 Å². The summed E-state index contributed by atoms with van der Waals surface area (Å²) in [5.74, 6) is 1.02. The zero-order valence-electron chi connectivity index (χ0n) is 15.0. The van der Waals surface area contributed by atoms with Gasteiger partial charge >= 0.3 is 0 Å². The molecule has 0 saturated carbocycles. The third-order valence-corrected chi connectivity index (χ3v) is 4.36. The standard InChI is InChI=1S/C21H27NO2/c1-5-15(3)19-12-7-8-13-20(19)22-21(23)17-10-9-11-18(14-17)24-16(4)6-2/h7-16H,5-6H2,1-4H3,(H,22,23)/t15-,16+/m1/s1. The molecule has 2 rings (SSSR count). The van der Waals surface area contributed by atoms with Gasteiger partial charge in [0, 0.05) is 11.3 Å². The first-order chi connectivity index (χ1) is 11.5. The first-order valence-corrected chi connectivity index (χ1v) is 8.72. The van der Waals surface area contributed by atoms with Crippen molar-refractivity contribution in [2.75, 3.05) is 5.32 Å². The molecule has 0 aliphatic carbocycles. The molecule has 0 radical (unpaired) electrons. The molecular formula is C21H27NO2. The first-order valence-electron chi connectivity index (χ1n) is 8.72. The fourth-order valence-corrected chi connectivity index (χ4v) is 2.48. The summed E-state index contributed by atoms with van der Waals surface area (Å²) < 4.78 is 5.80. The van der Waals surface area contributed by atoms with Gasteiger partial charge in [0.2, 0.25) is 0 Å². The normalized spacial score (nSPS) is 13.2. The number of anilines is 1. The Morgan fingerprint density at radius 2 is 1.79 bits per heavy atom. The van der Waals surface area contributed by atoms with Crippen molar-refractivity contribution in [2.45, 2.75) is 52.6 Å². The summed E-state index contributed by atoms with van der Waals surface area (Å²) in [6.07, 6.45) is 2.10. The number of nitrogens with one attached hydrogen (secondary N) is 1. The molecule has 24 heavy (non-hydrogen) atoms. The van der Waals surface area contributed by atoms with Crippen molar-refractivity contribution in [3.05, 3.63) is 59.7 Å². The SMILES string of the molecule is CC[C@@H](C)c1ccccc1NC(=O)c1cccc(O[C@@H](C)CC)c1. The van der Waals surface area contributed by atoms with Crippen LogP contribution in [-0.2, 0) is 0 Å². The molecule has 0 saturated heterocycles. The zero-order valence-corrected chi connectivity index (χ0v) is 15.0. The molecule has 3 nitrogen and oxygen atoms in total. The van der Waals surface area contributed by atoms with Crippen molar-refractivity contribution in [1.29, 1.82) is 0 Å². The lowest BCUT2D eigenvalue weighted by atomic mass is 9.97. The molecule has 0 spiro atoms. The second-order valence-corrected chi connectivity index (χ2v) is 6.22. The quantitative estimate of drug-likeness (QED) is 0.716. The van der Waals surface area contributed by atoms with E-state index in [0.717, 1.165) is 24.3 Å². The summed E-state index contributed by atoms with van der Waals surface area (Å²) in [7, 11) is 0. The van der Waals surface area contributed by atoms with Crippen molar-refractivity contribution in [3.63, 3.8) is 0 Å². The Morgan fingerprint density at radius 1 is 1.04 bits per heavy atom. The smallest absolute Gasteiger partial charge is 0.255 e. The number of carbonyl (C=O) groups is 1. The summed E-state index contributed by atoms with van der Waals surface area (Å²) in [4.78, 5) is 12.6. The van der Waals surface area contributed by atoms with Gasteiger partial charge in [-0.15, -0.1) is 0 Å². The molecule has 1 N–H and O–H groups in total. The van der Waals surface area contributed by atoms with E-state index in [1.165, 1.54) is 5.56 Å². The largest absolute Gasteiger partial charge is 0.491 e. The number of rotatable bonds is 7. The molecule has 2 aromatic carbocycles. The van der Waals surface area contributed by atoms with Crippen LogP contribution >= 0.6 is 0 Å². The van der Waals surface area contributed by atoms with Gasteiger partial charge in [-0.25, -0.2) is 0 Å². The molecule has 2 atom stereocenters. The van der Waals surface area contributed by atoms with Gasteiger partial charge in [0.15, 0.2) is 0 Å². The van der Waals surface area contributed by atoms with E-state index in [9.17, 15) is 4.79 Å². The number of hydrogen-bond acceptors (Lipinski definition) is 2. The molecule has 0 fully saturated rings. The Balaban J connectivity index is 2.17. The maximum atomic E-state index is 12.6. The highest BCUT2D eigenvalue weighted by Gasteiger charge is 2.13. The zero-order chi connectivity index (χ0) is 17.5. The van der Waals surface area contributed by atoms with Gasteiger partial charge in [0.25, 0.3) is 5.91 Å². The van der Waals surface area contributed by atoms with Gasteiger partial charge in [-0.1, -0.05) is 45.0 Å². The van der Waals surface area contributed by atoms with E-state index in [4.69, 9.17) is 4.74 Å². The number of ether oxygens (including phenoxy) is 1. The molecule has 0 aromatic heterocycles.